The number of carbonyl (C=O) groups excluding carboxylic acids is 2. The van der Waals surface area contributed by atoms with Crippen molar-refractivity contribution in [2.24, 2.45) is 0 Å². The fourth-order valence-corrected chi connectivity index (χ4v) is 4.78. The van der Waals surface area contributed by atoms with Crippen LogP contribution in [0.1, 0.15) is 33.3 Å². The summed E-state index contributed by atoms with van der Waals surface area (Å²) in [4.78, 5) is 30.9. The molecule has 1 aromatic heterocycles. The number of hydrogen-bond acceptors (Lipinski definition) is 4. The van der Waals surface area contributed by atoms with Crippen LogP contribution in [0.2, 0.25) is 0 Å². The number of nitrogens with one attached hydrogen (secondary N) is 1. The van der Waals surface area contributed by atoms with Crippen LogP contribution in [0.4, 0.5) is 10.1 Å². The molecule has 1 aliphatic rings. The zero-order valence-corrected chi connectivity index (χ0v) is 17.9. The van der Waals surface area contributed by atoms with Gasteiger partial charge in [-0.2, -0.15) is 0 Å². The molecule has 3 aromatic rings. The molecule has 2 amide bonds. The summed E-state index contributed by atoms with van der Waals surface area (Å²) < 4.78 is 15.3. The summed E-state index contributed by atoms with van der Waals surface area (Å²) in [5, 5.41) is 2.72. The third kappa shape index (κ3) is 4.80. The molecule has 0 spiro atoms. The first kappa shape index (κ1) is 21.1. The van der Waals surface area contributed by atoms with Crippen molar-refractivity contribution >= 4 is 29.3 Å². The maximum atomic E-state index is 13.3. The van der Waals surface area contributed by atoms with E-state index in [2.05, 4.69) is 10.3 Å². The lowest BCUT2D eigenvalue weighted by Crippen LogP contribution is -2.29. The second kappa shape index (κ2) is 9.34. The first-order valence-electron chi connectivity index (χ1n) is 10.1. The Morgan fingerprint density at radius 2 is 2.06 bits per heavy atom. The molecule has 8 heteroatoms. The summed E-state index contributed by atoms with van der Waals surface area (Å²) in [6.07, 6.45) is 6.17. The highest BCUT2D eigenvalue weighted by Crippen LogP contribution is 2.42. The van der Waals surface area contributed by atoms with E-state index in [-0.39, 0.29) is 23.0 Å². The van der Waals surface area contributed by atoms with Crippen LogP contribution in [0.15, 0.2) is 61.2 Å². The van der Waals surface area contributed by atoms with E-state index in [1.165, 1.54) is 23.9 Å². The van der Waals surface area contributed by atoms with Gasteiger partial charge in [-0.1, -0.05) is 12.1 Å². The summed E-state index contributed by atoms with van der Waals surface area (Å²) in [7, 11) is 0. The topological polar surface area (TPSA) is 67.2 Å². The van der Waals surface area contributed by atoms with E-state index in [4.69, 9.17) is 0 Å². The largest absolute Gasteiger partial charge is 0.352 e. The monoisotopic (exact) mass is 438 g/mol. The van der Waals surface area contributed by atoms with Gasteiger partial charge in [-0.25, -0.2) is 9.37 Å². The van der Waals surface area contributed by atoms with Crippen LogP contribution in [-0.2, 0) is 11.3 Å². The van der Waals surface area contributed by atoms with Crippen LogP contribution in [-0.4, -0.2) is 33.7 Å². The molecule has 1 aliphatic heterocycles. The van der Waals surface area contributed by atoms with Crippen molar-refractivity contribution in [1.29, 1.82) is 0 Å². The van der Waals surface area contributed by atoms with E-state index < -0.39 is 0 Å². The average molecular weight is 439 g/mol. The van der Waals surface area contributed by atoms with Crippen molar-refractivity contribution in [3.05, 3.63) is 83.7 Å². The highest BCUT2D eigenvalue weighted by atomic mass is 32.2. The minimum atomic E-state index is -0.304. The number of aromatic nitrogens is 2. The van der Waals surface area contributed by atoms with Gasteiger partial charge in [-0.15, -0.1) is 11.8 Å². The quantitative estimate of drug-likeness (QED) is 0.568. The van der Waals surface area contributed by atoms with Gasteiger partial charge in [0.2, 0.25) is 5.91 Å². The van der Waals surface area contributed by atoms with Crippen molar-refractivity contribution < 1.29 is 14.0 Å². The van der Waals surface area contributed by atoms with Crippen LogP contribution in [0, 0.1) is 12.7 Å². The molecule has 1 atom stereocenters. The fourth-order valence-electron chi connectivity index (χ4n) is 3.61. The number of thioether (sulfide) groups is 1. The van der Waals surface area contributed by atoms with Crippen molar-refractivity contribution in [3.63, 3.8) is 0 Å². The zero-order chi connectivity index (χ0) is 21.8. The second-order valence-corrected chi connectivity index (χ2v) is 8.46. The minimum Gasteiger partial charge on any atom is -0.352 e. The van der Waals surface area contributed by atoms with Crippen molar-refractivity contribution in [3.8, 4) is 0 Å². The first-order valence-corrected chi connectivity index (χ1v) is 11.1. The maximum Gasteiger partial charge on any atom is 0.251 e. The van der Waals surface area contributed by atoms with Crippen molar-refractivity contribution in [2.75, 3.05) is 17.2 Å². The molecule has 0 saturated carbocycles. The lowest BCUT2D eigenvalue weighted by Gasteiger charge is -2.26. The Kier molecular flexibility index (Phi) is 6.36. The van der Waals surface area contributed by atoms with Crippen LogP contribution >= 0.6 is 11.8 Å². The van der Waals surface area contributed by atoms with Crippen molar-refractivity contribution in [1.82, 2.24) is 14.9 Å². The lowest BCUT2D eigenvalue weighted by atomic mass is 10.1. The third-order valence-electron chi connectivity index (χ3n) is 5.18. The summed E-state index contributed by atoms with van der Waals surface area (Å²) in [5.41, 5.74) is 3.04. The van der Waals surface area contributed by atoms with Gasteiger partial charge < -0.3 is 9.88 Å². The molecule has 160 valence electrons. The Balaban J connectivity index is 1.44. The number of benzene rings is 2. The van der Waals surface area contributed by atoms with E-state index in [0.717, 1.165) is 29.8 Å². The zero-order valence-electron chi connectivity index (χ0n) is 17.1. The van der Waals surface area contributed by atoms with E-state index in [1.54, 1.807) is 41.7 Å². The summed E-state index contributed by atoms with van der Waals surface area (Å²) >= 11 is 1.51. The van der Waals surface area contributed by atoms with Crippen LogP contribution in [0.5, 0.6) is 0 Å². The Morgan fingerprint density at radius 3 is 2.77 bits per heavy atom. The van der Waals surface area contributed by atoms with E-state index in [0.29, 0.717) is 17.9 Å². The van der Waals surface area contributed by atoms with Crippen LogP contribution < -0.4 is 10.2 Å². The molecule has 31 heavy (non-hydrogen) atoms. The van der Waals surface area contributed by atoms with Gasteiger partial charge in [0.25, 0.3) is 5.91 Å². The smallest absolute Gasteiger partial charge is 0.251 e. The minimum absolute atomic E-state index is 0.000807. The van der Waals surface area contributed by atoms with E-state index in [1.807, 2.05) is 23.8 Å². The number of carbonyl (C=O) groups is 2. The summed E-state index contributed by atoms with van der Waals surface area (Å²) in [5.74, 6) is -0.0847. The molecule has 1 N–H and O–H groups in total. The molecular weight excluding hydrogens is 415 g/mol. The third-order valence-corrected chi connectivity index (χ3v) is 6.39. The number of halogens is 1. The molecule has 2 aromatic carbocycles. The van der Waals surface area contributed by atoms with Crippen LogP contribution in [0.25, 0.3) is 0 Å². The number of aryl methyl sites for hydroxylation is 2. The highest BCUT2D eigenvalue weighted by Gasteiger charge is 2.34. The van der Waals surface area contributed by atoms with E-state index in [9.17, 15) is 14.0 Å². The van der Waals surface area contributed by atoms with Gasteiger partial charge in [-0.3, -0.25) is 14.5 Å². The molecule has 1 unspecified atom stereocenters. The fraction of sp³-hybridized carbons (Fsp3) is 0.261. The van der Waals surface area contributed by atoms with Gasteiger partial charge >= 0.3 is 0 Å². The normalized spacial score (nSPS) is 16.0. The molecule has 0 bridgehead atoms. The SMILES string of the molecule is Cc1cc(C(=O)NCCCn2ccnc2)ccc1N1C(=O)CSC1c1ccc(F)cc1. The molecule has 1 saturated heterocycles. The number of amides is 2. The number of imidazole rings is 1. The number of anilines is 1. The number of nitrogens with zero attached hydrogens (tertiary/aromatic N) is 3. The maximum absolute atomic E-state index is 13.3. The molecule has 2 heterocycles. The predicted octanol–water partition coefficient (Wildman–Crippen LogP) is 3.93. The Hall–Kier alpha value is -3.13. The molecule has 0 radical (unpaired) electrons. The van der Waals surface area contributed by atoms with Gasteiger partial charge in [0, 0.05) is 36.7 Å². The average Bonchev–Trinajstić information content (AvgIpc) is 3.41. The molecule has 6 nitrogen and oxygen atoms in total. The van der Waals surface area contributed by atoms with Gasteiger partial charge in [0.15, 0.2) is 0 Å². The Morgan fingerprint density at radius 1 is 1.26 bits per heavy atom. The highest BCUT2D eigenvalue weighted by molar-refractivity contribution is 8.00. The predicted molar refractivity (Wildman–Crippen MR) is 119 cm³/mol. The summed E-state index contributed by atoms with van der Waals surface area (Å²) in [6, 6.07) is 11.6. The number of hydrogen-bond donors (Lipinski definition) is 1. The standard InChI is InChI=1S/C23H23FN4O2S/c1-16-13-18(22(30)26-9-2-11-27-12-10-25-15-27)5-8-20(16)28-21(29)14-31-23(28)17-3-6-19(24)7-4-17/h3-8,10,12-13,15,23H,2,9,11,14H2,1H3,(H,26,30). The second-order valence-electron chi connectivity index (χ2n) is 7.39. The van der Waals surface area contributed by atoms with Crippen LogP contribution in [0.3, 0.4) is 0 Å². The molecular formula is C23H23FN4O2S. The molecule has 0 aliphatic carbocycles. The molecule has 1 fully saturated rings. The van der Waals surface area contributed by atoms with Crippen molar-refractivity contribution in [2.45, 2.75) is 25.3 Å². The molecule has 4 rings (SSSR count). The lowest BCUT2D eigenvalue weighted by molar-refractivity contribution is -0.115. The first-order chi connectivity index (χ1) is 15.0. The van der Waals surface area contributed by atoms with Gasteiger partial charge in [0.1, 0.15) is 11.2 Å². The number of rotatable bonds is 7. The Labute approximate surface area is 184 Å². The Bertz CT molecular complexity index is 1070. The summed E-state index contributed by atoms with van der Waals surface area (Å²) in [6.45, 7) is 3.24. The van der Waals surface area contributed by atoms with Gasteiger partial charge in [-0.05, 0) is 54.8 Å². The van der Waals surface area contributed by atoms with Gasteiger partial charge in [0.05, 0.1) is 12.1 Å². The van der Waals surface area contributed by atoms with E-state index >= 15 is 0 Å².